The molecule has 0 aliphatic heterocycles. The lowest BCUT2D eigenvalue weighted by atomic mass is 9.94. The summed E-state index contributed by atoms with van der Waals surface area (Å²) in [4.78, 5) is 11.9. The van der Waals surface area contributed by atoms with E-state index >= 15 is 0 Å². The van der Waals surface area contributed by atoms with Crippen LogP contribution in [0.25, 0.3) is 32.7 Å². The summed E-state index contributed by atoms with van der Waals surface area (Å²) in [7, 11) is 1.70. The Morgan fingerprint density at radius 2 is 1.59 bits per heavy atom. The molecule has 0 bridgehead atoms. The minimum Gasteiger partial charge on any atom is -0.496 e. The first kappa shape index (κ1) is 19.0. The first-order valence-electron chi connectivity index (χ1n) is 9.53. The molecule has 0 spiro atoms. The molecular formula is C25H23NO3. The van der Waals surface area contributed by atoms with E-state index in [2.05, 4.69) is 55.6 Å². The zero-order valence-corrected chi connectivity index (χ0v) is 16.7. The van der Waals surface area contributed by atoms with Crippen molar-refractivity contribution in [2.75, 3.05) is 13.8 Å². The van der Waals surface area contributed by atoms with E-state index in [9.17, 15) is 4.79 Å². The fourth-order valence-electron chi connectivity index (χ4n) is 3.84. The molecule has 146 valence electrons. The molecule has 0 saturated heterocycles. The molecule has 0 heterocycles. The van der Waals surface area contributed by atoms with E-state index in [0.29, 0.717) is 5.56 Å². The summed E-state index contributed by atoms with van der Waals surface area (Å²) in [5.74, 6) is 0.628. The molecule has 4 rings (SSSR count). The molecule has 4 heteroatoms. The van der Waals surface area contributed by atoms with Gasteiger partial charge in [-0.05, 0) is 88.0 Å². The van der Waals surface area contributed by atoms with E-state index in [1.807, 2.05) is 18.2 Å². The highest BCUT2D eigenvalue weighted by atomic mass is 16.5. The number of aryl methyl sites for hydroxylation is 2. The van der Waals surface area contributed by atoms with E-state index in [-0.39, 0.29) is 12.6 Å². The Morgan fingerprint density at radius 3 is 2.34 bits per heavy atom. The molecule has 0 radical (unpaired) electrons. The number of fused-ring (bicyclic) bond motifs is 2. The highest BCUT2D eigenvalue weighted by Crippen LogP contribution is 2.34. The van der Waals surface area contributed by atoms with Crippen molar-refractivity contribution in [2.45, 2.75) is 13.8 Å². The van der Waals surface area contributed by atoms with Crippen molar-refractivity contribution in [3.8, 4) is 16.9 Å². The summed E-state index contributed by atoms with van der Waals surface area (Å²) in [5, 5.41) is 15.7. The van der Waals surface area contributed by atoms with Crippen LogP contribution >= 0.6 is 0 Å². The number of rotatable bonds is 4. The van der Waals surface area contributed by atoms with Gasteiger partial charge < -0.3 is 15.2 Å². The third-order valence-electron chi connectivity index (χ3n) is 5.46. The van der Waals surface area contributed by atoms with Crippen LogP contribution in [0.3, 0.4) is 0 Å². The minimum atomic E-state index is -0.372. The van der Waals surface area contributed by atoms with Gasteiger partial charge in [0, 0.05) is 5.56 Å². The molecule has 4 aromatic carbocycles. The van der Waals surface area contributed by atoms with Crippen LogP contribution in [0, 0.1) is 13.8 Å². The second-order valence-corrected chi connectivity index (χ2v) is 7.22. The van der Waals surface area contributed by atoms with Crippen LogP contribution in [-0.4, -0.2) is 24.9 Å². The quantitative estimate of drug-likeness (QED) is 0.488. The van der Waals surface area contributed by atoms with E-state index < -0.39 is 0 Å². The van der Waals surface area contributed by atoms with Crippen molar-refractivity contribution in [3.05, 3.63) is 77.4 Å². The lowest BCUT2D eigenvalue weighted by Gasteiger charge is -2.13. The second kappa shape index (κ2) is 7.57. The average molecular weight is 385 g/mol. The maximum Gasteiger partial charge on any atom is 0.253 e. The van der Waals surface area contributed by atoms with Crippen LogP contribution in [0.5, 0.6) is 5.75 Å². The number of ether oxygens (including phenoxy) is 1. The Hall–Kier alpha value is -3.37. The first-order valence-corrected chi connectivity index (χ1v) is 9.53. The number of nitrogens with one attached hydrogen (secondary N) is 1. The highest BCUT2D eigenvalue weighted by Gasteiger charge is 2.10. The topological polar surface area (TPSA) is 58.6 Å². The van der Waals surface area contributed by atoms with Crippen LogP contribution in [0.15, 0.2) is 60.7 Å². The van der Waals surface area contributed by atoms with Crippen LogP contribution in [-0.2, 0) is 0 Å². The van der Waals surface area contributed by atoms with E-state index in [1.165, 1.54) is 16.3 Å². The number of carbonyl (C=O) groups is 1. The number of hydrogen-bond donors (Lipinski definition) is 2. The number of aliphatic hydroxyl groups is 1. The van der Waals surface area contributed by atoms with Crippen molar-refractivity contribution in [1.29, 1.82) is 0 Å². The number of aliphatic hydroxyl groups excluding tert-OH is 1. The number of benzene rings is 4. The summed E-state index contributed by atoms with van der Waals surface area (Å²) in [6.07, 6.45) is 0. The molecule has 0 unspecified atom stereocenters. The Kier molecular flexibility index (Phi) is 4.95. The molecule has 0 aliphatic rings. The van der Waals surface area contributed by atoms with E-state index in [0.717, 1.165) is 33.2 Å². The smallest absolute Gasteiger partial charge is 0.253 e. The average Bonchev–Trinajstić information content (AvgIpc) is 2.75. The Bertz CT molecular complexity index is 1240. The van der Waals surface area contributed by atoms with Gasteiger partial charge in [0.05, 0.1) is 7.11 Å². The van der Waals surface area contributed by atoms with Crippen LogP contribution in [0.2, 0.25) is 0 Å². The van der Waals surface area contributed by atoms with Gasteiger partial charge in [0.25, 0.3) is 5.91 Å². The van der Waals surface area contributed by atoms with Crippen molar-refractivity contribution in [1.82, 2.24) is 5.32 Å². The molecule has 0 aromatic heterocycles. The Morgan fingerprint density at radius 1 is 0.897 bits per heavy atom. The van der Waals surface area contributed by atoms with Gasteiger partial charge in [0.15, 0.2) is 0 Å². The van der Waals surface area contributed by atoms with Crippen molar-refractivity contribution >= 4 is 27.5 Å². The second-order valence-electron chi connectivity index (χ2n) is 7.22. The lowest BCUT2D eigenvalue weighted by molar-refractivity contribution is 0.0910. The highest BCUT2D eigenvalue weighted by molar-refractivity contribution is 6.00. The number of carbonyl (C=O) groups excluding carboxylic acids is 1. The van der Waals surface area contributed by atoms with E-state index in [1.54, 1.807) is 13.2 Å². The third-order valence-corrected chi connectivity index (χ3v) is 5.46. The number of hydrogen-bond acceptors (Lipinski definition) is 3. The monoisotopic (exact) mass is 385 g/mol. The summed E-state index contributed by atoms with van der Waals surface area (Å²) in [6.45, 7) is 3.82. The first-order chi connectivity index (χ1) is 14.0. The van der Waals surface area contributed by atoms with Gasteiger partial charge in [-0.25, -0.2) is 0 Å². The zero-order valence-electron chi connectivity index (χ0n) is 16.7. The Labute approximate surface area is 169 Å². The third kappa shape index (κ3) is 3.43. The SMILES string of the molecule is COc1cc(C)c2cc(-c3ccc4cc(C(=O)NCO)ccc4c3)ccc2c1C. The van der Waals surface area contributed by atoms with Gasteiger partial charge >= 0.3 is 0 Å². The minimum absolute atomic E-state index is 0.283. The van der Waals surface area contributed by atoms with Gasteiger partial charge in [-0.1, -0.05) is 30.3 Å². The molecule has 29 heavy (non-hydrogen) atoms. The zero-order chi connectivity index (χ0) is 20.5. The van der Waals surface area contributed by atoms with Crippen molar-refractivity contribution in [3.63, 3.8) is 0 Å². The van der Waals surface area contributed by atoms with Crippen molar-refractivity contribution < 1.29 is 14.6 Å². The van der Waals surface area contributed by atoms with Gasteiger partial charge in [0.2, 0.25) is 0 Å². The summed E-state index contributed by atoms with van der Waals surface area (Å²) in [5.41, 5.74) is 5.13. The van der Waals surface area contributed by atoms with Crippen LogP contribution in [0.4, 0.5) is 0 Å². The van der Waals surface area contributed by atoms with Crippen molar-refractivity contribution in [2.24, 2.45) is 0 Å². The Balaban J connectivity index is 1.78. The fraction of sp³-hybridized carbons (Fsp3) is 0.160. The standard InChI is InChI=1S/C25H23NO3/c1-15-10-24(29-3)16(2)22-9-8-20(13-23(15)22)18-4-5-19-12-21(25(28)26-14-27)7-6-17(19)11-18/h4-13,27H,14H2,1-3H3,(H,26,28). The van der Waals surface area contributed by atoms with Gasteiger partial charge in [-0.2, -0.15) is 0 Å². The molecule has 0 atom stereocenters. The number of methoxy groups -OCH3 is 1. The summed E-state index contributed by atoms with van der Waals surface area (Å²) < 4.78 is 5.50. The van der Waals surface area contributed by atoms with Gasteiger partial charge in [-0.15, -0.1) is 0 Å². The predicted octanol–water partition coefficient (Wildman–Crippen LogP) is 4.97. The summed E-state index contributed by atoms with van der Waals surface area (Å²) in [6, 6.07) is 20.4. The largest absolute Gasteiger partial charge is 0.496 e. The van der Waals surface area contributed by atoms with Crippen LogP contribution < -0.4 is 10.1 Å². The fourth-order valence-corrected chi connectivity index (χ4v) is 3.84. The summed E-state index contributed by atoms with van der Waals surface area (Å²) >= 11 is 0. The lowest BCUT2D eigenvalue weighted by Crippen LogP contribution is -2.23. The van der Waals surface area contributed by atoms with Crippen LogP contribution in [0.1, 0.15) is 21.5 Å². The molecule has 2 N–H and O–H groups in total. The normalized spacial score (nSPS) is 11.0. The maximum absolute atomic E-state index is 11.9. The van der Waals surface area contributed by atoms with Gasteiger partial charge in [0.1, 0.15) is 12.5 Å². The van der Waals surface area contributed by atoms with Gasteiger partial charge in [-0.3, -0.25) is 4.79 Å². The maximum atomic E-state index is 11.9. The predicted molar refractivity (Wildman–Crippen MR) is 117 cm³/mol. The molecule has 4 aromatic rings. The number of amides is 1. The molecule has 0 saturated carbocycles. The molecule has 0 aliphatic carbocycles. The molecule has 1 amide bonds. The molecule has 0 fully saturated rings. The molecule has 4 nitrogen and oxygen atoms in total. The molecular weight excluding hydrogens is 362 g/mol. The van der Waals surface area contributed by atoms with E-state index in [4.69, 9.17) is 9.84 Å².